The van der Waals surface area contributed by atoms with Crippen LogP contribution in [-0.2, 0) is 0 Å². The van der Waals surface area contributed by atoms with Gasteiger partial charge in [-0.25, -0.2) is 0 Å². The smallest absolute Gasteiger partial charge is 0.168 e. The Labute approximate surface area is 185 Å². The van der Waals surface area contributed by atoms with Gasteiger partial charge in [-0.05, 0) is 98.2 Å². The molecule has 0 aromatic carbocycles. The van der Waals surface area contributed by atoms with E-state index in [2.05, 4.69) is 34.6 Å². The average Bonchev–Trinajstić information content (AvgIpc) is 3.05. The van der Waals surface area contributed by atoms with Gasteiger partial charge in [-0.2, -0.15) is 0 Å². The zero-order valence-corrected chi connectivity index (χ0v) is 20.4. The fraction of sp³-hybridized carbons (Fsp3) is 1.00. The van der Waals surface area contributed by atoms with Crippen LogP contribution in [0.1, 0.15) is 105 Å². The van der Waals surface area contributed by atoms with Gasteiger partial charge in [0.1, 0.15) is 0 Å². The lowest BCUT2D eigenvalue weighted by molar-refractivity contribution is -0.318. The predicted octanol–water partition coefficient (Wildman–Crippen LogP) is 5.73. The van der Waals surface area contributed by atoms with E-state index in [-0.39, 0.29) is 11.5 Å². The first-order chi connectivity index (χ1) is 14.0. The highest BCUT2D eigenvalue weighted by Gasteiger charge is 2.68. The lowest BCUT2D eigenvalue weighted by Gasteiger charge is -2.64. The molecule has 0 bridgehead atoms. The second kappa shape index (κ2) is 8.03. The van der Waals surface area contributed by atoms with Gasteiger partial charge in [0.25, 0.3) is 0 Å². The van der Waals surface area contributed by atoms with Crippen LogP contribution < -0.4 is 5.73 Å². The van der Waals surface area contributed by atoms with Gasteiger partial charge in [-0.1, -0.05) is 47.5 Å². The summed E-state index contributed by atoms with van der Waals surface area (Å²) >= 11 is 0. The monoisotopic (exact) mass is 419 g/mol. The van der Waals surface area contributed by atoms with Crippen LogP contribution in [0.15, 0.2) is 0 Å². The van der Waals surface area contributed by atoms with Crippen LogP contribution in [0.2, 0.25) is 0 Å². The van der Waals surface area contributed by atoms with Crippen molar-refractivity contribution >= 4 is 0 Å². The molecule has 174 valence electrons. The molecule has 0 aliphatic heterocycles. The minimum absolute atomic E-state index is 0.253. The molecular formula is C27H49NO2. The Balaban J connectivity index is 1.57. The predicted molar refractivity (Wildman–Crippen MR) is 124 cm³/mol. The molecule has 0 heterocycles. The molecule has 0 aromatic rings. The molecule has 4 fully saturated rings. The van der Waals surface area contributed by atoms with Gasteiger partial charge in [0.15, 0.2) is 5.79 Å². The molecule has 4 saturated carbocycles. The van der Waals surface area contributed by atoms with Crippen molar-refractivity contribution < 1.29 is 10.2 Å². The molecule has 4 rings (SSSR count). The summed E-state index contributed by atoms with van der Waals surface area (Å²) in [5.74, 6) is 2.34. The quantitative estimate of drug-likeness (QED) is 0.499. The third-order valence-corrected chi connectivity index (χ3v) is 11.4. The van der Waals surface area contributed by atoms with E-state index in [0.29, 0.717) is 47.3 Å². The second-order valence-electron chi connectivity index (χ2n) is 12.9. The zero-order valence-electron chi connectivity index (χ0n) is 20.4. The van der Waals surface area contributed by atoms with Crippen LogP contribution in [-0.4, -0.2) is 22.0 Å². The first kappa shape index (κ1) is 23.1. The molecule has 30 heavy (non-hydrogen) atoms. The zero-order chi connectivity index (χ0) is 21.9. The Morgan fingerprint density at radius 3 is 2.33 bits per heavy atom. The van der Waals surface area contributed by atoms with Crippen LogP contribution >= 0.6 is 0 Å². The number of rotatable bonds is 5. The van der Waals surface area contributed by atoms with Crippen LogP contribution in [0.3, 0.4) is 0 Å². The Morgan fingerprint density at radius 1 is 0.900 bits per heavy atom. The molecule has 3 heteroatoms. The minimum atomic E-state index is -1.53. The normalized spacial score (nSPS) is 47.3. The van der Waals surface area contributed by atoms with E-state index < -0.39 is 5.79 Å². The van der Waals surface area contributed by atoms with Crippen molar-refractivity contribution in [3.63, 3.8) is 0 Å². The highest BCUT2D eigenvalue weighted by molar-refractivity contribution is 5.14. The summed E-state index contributed by atoms with van der Waals surface area (Å²) in [6.07, 6.45) is 13.2. The van der Waals surface area contributed by atoms with Crippen LogP contribution in [0.5, 0.6) is 0 Å². The third-order valence-electron chi connectivity index (χ3n) is 11.4. The maximum absolute atomic E-state index is 11.7. The molecule has 0 amide bonds. The van der Waals surface area contributed by atoms with Crippen molar-refractivity contribution in [2.75, 3.05) is 0 Å². The first-order valence-electron chi connectivity index (χ1n) is 13.2. The maximum atomic E-state index is 11.7. The molecule has 2 unspecified atom stereocenters. The third kappa shape index (κ3) is 3.41. The number of aliphatic hydroxyl groups is 2. The number of hydrogen-bond donors (Lipinski definition) is 3. The molecule has 0 radical (unpaired) electrons. The molecule has 0 saturated heterocycles. The van der Waals surface area contributed by atoms with Gasteiger partial charge < -0.3 is 15.9 Å². The molecule has 4 aliphatic rings. The van der Waals surface area contributed by atoms with Gasteiger partial charge in [0.2, 0.25) is 0 Å². The second-order valence-corrected chi connectivity index (χ2v) is 12.9. The van der Waals surface area contributed by atoms with E-state index in [1.807, 2.05) is 0 Å². The molecule has 9 atom stereocenters. The molecule has 4 aliphatic carbocycles. The lowest BCUT2D eigenvalue weighted by Crippen LogP contribution is -2.64. The molecule has 4 N–H and O–H groups in total. The molecule has 0 spiro atoms. The average molecular weight is 420 g/mol. The number of nitrogens with two attached hydrogens (primary N) is 1. The topological polar surface area (TPSA) is 66.5 Å². The summed E-state index contributed by atoms with van der Waals surface area (Å²) in [6.45, 7) is 11.5. The molecule has 3 nitrogen and oxygen atoms in total. The highest BCUT2D eigenvalue weighted by Crippen LogP contribution is 2.70. The Morgan fingerprint density at radius 2 is 1.63 bits per heavy atom. The van der Waals surface area contributed by atoms with E-state index in [0.717, 1.165) is 25.2 Å². The standard InChI is InChI=1S/C27H49NO2/c1-17(2)24(28)14-9-18(3)21-12-13-22-20-11-10-19-8-6-7-15-25(19,4)23(20)16-27(29,30)26(21,22)5/h17-24,29-30H,6-16,28H2,1-5H3/t18-,19?,20+,21-,22+,23+,24?,25+,26-/m1/s1. The molecule has 0 aromatic heterocycles. The Bertz CT molecular complexity index is 618. The summed E-state index contributed by atoms with van der Waals surface area (Å²) in [5, 5.41) is 23.3. The SMILES string of the molecule is CC(C)C(N)CC[C@@H](C)[C@H]1CC[C@H]2[C@@H]3CCC4CCCC[C@]4(C)[C@H]3CC(O)(O)[C@]12C. The van der Waals surface area contributed by atoms with Crippen molar-refractivity contribution in [1.82, 2.24) is 0 Å². The van der Waals surface area contributed by atoms with E-state index in [9.17, 15) is 10.2 Å². The largest absolute Gasteiger partial charge is 0.365 e. The van der Waals surface area contributed by atoms with Gasteiger partial charge >= 0.3 is 0 Å². The van der Waals surface area contributed by atoms with E-state index in [1.54, 1.807) is 0 Å². The van der Waals surface area contributed by atoms with E-state index >= 15 is 0 Å². The van der Waals surface area contributed by atoms with Crippen molar-refractivity contribution in [3.8, 4) is 0 Å². The summed E-state index contributed by atoms with van der Waals surface area (Å²) in [5.41, 5.74) is 6.31. The first-order valence-corrected chi connectivity index (χ1v) is 13.2. The Kier molecular flexibility index (Phi) is 6.17. The number of fused-ring (bicyclic) bond motifs is 5. The van der Waals surface area contributed by atoms with Crippen molar-refractivity contribution in [2.45, 2.75) is 117 Å². The van der Waals surface area contributed by atoms with Crippen molar-refractivity contribution in [2.24, 2.45) is 58.0 Å². The van der Waals surface area contributed by atoms with Crippen LogP contribution in [0, 0.1) is 52.3 Å². The minimum Gasteiger partial charge on any atom is -0.365 e. The van der Waals surface area contributed by atoms with Gasteiger partial charge in [-0.15, -0.1) is 0 Å². The number of hydrogen-bond acceptors (Lipinski definition) is 3. The fourth-order valence-electron chi connectivity index (χ4n) is 9.22. The maximum Gasteiger partial charge on any atom is 0.168 e. The summed E-state index contributed by atoms with van der Waals surface area (Å²) in [4.78, 5) is 0. The van der Waals surface area contributed by atoms with Crippen molar-refractivity contribution in [3.05, 3.63) is 0 Å². The molecular weight excluding hydrogens is 370 g/mol. The Hall–Kier alpha value is -0.120. The van der Waals surface area contributed by atoms with Crippen LogP contribution in [0.25, 0.3) is 0 Å². The van der Waals surface area contributed by atoms with Gasteiger partial charge in [0, 0.05) is 17.9 Å². The summed E-state index contributed by atoms with van der Waals surface area (Å²) in [6, 6.07) is 0.253. The van der Waals surface area contributed by atoms with Crippen molar-refractivity contribution in [1.29, 1.82) is 0 Å². The summed E-state index contributed by atoms with van der Waals surface area (Å²) in [7, 11) is 0. The lowest BCUT2D eigenvalue weighted by atomic mass is 9.43. The van der Waals surface area contributed by atoms with Crippen LogP contribution in [0.4, 0.5) is 0 Å². The highest BCUT2D eigenvalue weighted by atomic mass is 16.5. The summed E-state index contributed by atoms with van der Waals surface area (Å²) < 4.78 is 0. The van der Waals surface area contributed by atoms with E-state index in [1.165, 1.54) is 44.9 Å². The van der Waals surface area contributed by atoms with E-state index in [4.69, 9.17) is 5.73 Å². The van der Waals surface area contributed by atoms with Gasteiger partial charge in [0.05, 0.1) is 0 Å². The fourth-order valence-corrected chi connectivity index (χ4v) is 9.22. The van der Waals surface area contributed by atoms with Gasteiger partial charge in [-0.3, -0.25) is 0 Å².